The Hall–Kier alpha value is -3.78. The first-order chi connectivity index (χ1) is 14.1. The van der Waals surface area contributed by atoms with E-state index in [1.165, 1.54) is 29.5 Å². The fourth-order valence-electron chi connectivity index (χ4n) is 2.63. The molecule has 6 nitrogen and oxygen atoms in total. The number of nitrogens with one attached hydrogen (secondary N) is 2. The standard InChI is InChI=1S/C21H14FN3O3S/c22-14-5-1-4-13(10-14)17-12-18(28-25-17)20(26)23-15-6-2-7-16(11-15)24-21(27)19-8-3-9-29-19/h1-12H,(H,23,26)(H,24,27). The first kappa shape index (κ1) is 18.6. The second kappa shape index (κ2) is 8.07. The minimum Gasteiger partial charge on any atom is -0.350 e. The van der Waals surface area contributed by atoms with Crippen molar-refractivity contribution in [2.75, 3.05) is 10.6 Å². The van der Waals surface area contributed by atoms with Crippen molar-refractivity contribution in [3.63, 3.8) is 0 Å². The number of hydrogen-bond acceptors (Lipinski definition) is 5. The highest BCUT2D eigenvalue weighted by molar-refractivity contribution is 7.12. The van der Waals surface area contributed by atoms with Gasteiger partial charge in [-0.05, 0) is 41.8 Å². The first-order valence-corrected chi connectivity index (χ1v) is 9.45. The van der Waals surface area contributed by atoms with Crippen molar-refractivity contribution in [3.05, 3.63) is 88.6 Å². The van der Waals surface area contributed by atoms with E-state index in [4.69, 9.17) is 4.52 Å². The molecule has 2 aromatic heterocycles. The fraction of sp³-hybridized carbons (Fsp3) is 0. The van der Waals surface area contributed by atoms with Crippen molar-refractivity contribution in [1.29, 1.82) is 0 Å². The van der Waals surface area contributed by atoms with Crippen molar-refractivity contribution in [2.24, 2.45) is 0 Å². The number of amides is 2. The van der Waals surface area contributed by atoms with Gasteiger partial charge in [-0.2, -0.15) is 0 Å². The van der Waals surface area contributed by atoms with Crippen LogP contribution < -0.4 is 10.6 Å². The SMILES string of the molecule is O=C(Nc1cccc(NC(=O)c2cccs2)c1)c1cc(-c2cccc(F)c2)no1. The van der Waals surface area contributed by atoms with Crippen LogP contribution in [0.2, 0.25) is 0 Å². The van der Waals surface area contributed by atoms with Crippen molar-refractivity contribution >= 4 is 34.5 Å². The molecular weight excluding hydrogens is 393 g/mol. The van der Waals surface area contributed by atoms with Gasteiger partial charge in [-0.25, -0.2) is 4.39 Å². The summed E-state index contributed by atoms with van der Waals surface area (Å²) in [5, 5.41) is 11.1. The molecule has 0 aliphatic carbocycles. The van der Waals surface area contributed by atoms with Crippen molar-refractivity contribution in [2.45, 2.75) is 0 Å². The summed E-state index contributed by atoms with van der Waals surface area (Å²) in [7, 11) is 0. The van der Waals surface area contributed by atoms with Gasteiger partial charge in [0.15, 0.2) is 0 Å². The molecule has 0 aliphatic heterocycles. The van der Waals surface area contributed by atoms with Gasteiger partial charge in [0.05, 0.1) is 4.88 Å². The average Bonchev–Trinajstić information content (AvgIpc) is 3.41. The van der Waals surface area contributed by atoms with Gasteiger partial charge in [-0.1, -0.05) is 29.4 Å². The largest absolute Gasteiger partial charge is 0.350 e. The normalized spacial score (nSPS) is 10.5. The summed E-state index contributed by atoms with van der Waals surface area (Å²) in [5.74, 6) is -1.16. The van der Waals surface area contributed by atoms with E-state index in [1.54, 1.807) is 48.5 Å². The molecule has 0 aliphatic rings. The predicted molar refractivity (Wildman–Crippen MR) is 109 cm³/mol. The molecule has 0 radical (unpaired) electrons. The quantitative estimate of drug-likeness (QED) is 0.485. The van der Waals surface area contributed by atoms with E-state index in [0.717, 1.165) is 0 Å². The zero-order valence-electron chi connectivity index (χ0n) is 14.9. The van der Waals surface area contributed by atoms with Crippen molar-refractivity contribution in [3.8, 4) is 11.3 Å². The van der Waals surface area contributed by atoms with Crippen LogP contribution in [0.4, 0.5) is 15.8 Å². The third-order valence-corrected chi connectivity index (χ3v) is 4.85. The van der Waals surface area contributed by atoms with Gasteiger partial charge < -0.3 is 15.2 Å². The highest BCUT2D eigenvalue weighted by atomic mass is 32.1. The number of carbonyl (C=O) groups is 2. The summed E-state index contributed by atoms with van der Waals surface area (Å²) in [6.45, 7) is 0. The van der Waals surface area contributed by atoms with E-state index in [2.05, 4.69) is 15.8 Å². The maximum absolute atomic E-state index is 13.4. The van der Waals surface area contributed by atoms with Gasteiger partial charge in [0, 0.05) is 23.0 Å². The lowest BCUT2D eigenvalue weighted by atomic mass is 10.1. The number of carbonyl (C=O) groups excluding carboxylic acids is 2. The molecule has 0 atom stereocenters. The molecule has 8 heteroatoms. The number of nitrogens with zero attached hydrogens (tertiary/aromatic N) is 1. The second-order valence-corrected chi connectivity index (χ2v) is 7.00. The van der Waals surface area contributed by atoms with E-state index < -0.39 is 11.7 Å². The summed E-state index contributed by atoms with van der Waals surface area (Å²) in [6, 6.07) is 17.5. The predicted octanol–water partition coefficient (Wildman–Crippen LogP) is 5.05. The number of anilines is 2. The van der Waals surface area contributed by atoms with Crippen LogP contribution in [0.15, 0.2) is 76.6 Å². The third kappa shape index (κ3) is 4.39. The van der Waals surface area contributed by atoms with Gasteiger partial charge in [0.25, 0.3) is 11.8 Å². The monoisotopic (exact) mass is 407 g/mol. The Morgan fingerprint density at radius 3 is 2.38 bits per heavy atom. The lowest BCUT2D eigenvalue weighted by molar-refractivity contribution is 0.0987. The lowest BCUT2D eigenvalue weighted by Crippen LogP contribution is -2.12. The topological polar surface area (TPSA) is 84.2 Å². The van der Waals surface area contributed by atoms with E-state index in [-0.39, 0.29) is 11.7 Å². The molecule has 29 heavy (non-hydrogen) atoms. The number of hydrogen-bond donors (Lipinski definition) is 2. The Morgan fingerprint density at radius 2 is 1.66 bits per heavy atom. The molecule has 0 saturated carbocycles. The Balaban J connectivity index is 1.45. The molecule has 2 amide bonds. The number of benzene rings is 2. The Kier molecular flexibility index (Phi) is 5.17. The molecule has 2 N–H and O–H groups in total. The van der Waals surface area contributed by atoms with Gasteiger partial charge in [0.2, 0.25) is 5.76 Å². The van der Waals surface area contributed by atoms with E-state index >= 15 is 0 Å². The van der Waals surface area contributed by atoms with Crippen LogP contribution in [-0.4, -0.2) is 17.0 Å². The molecule has 144 valence electrons. The molecule has 0 spiro atoms. The number of thiophene rings is 1. The zero-order valence-corrected chi connectivity index (χ0v) is 15.7. The third-order valence-electron chi connectivity index (χ3n) is 3.98. The van der Waals surface area contributed by atoms with Gasteiger partial charge >= 0.3 is 0 Å². The molecular formula is C21H14FN3O3S. The Labute approximate surface area is 169 Å². The first-order valence-electron chi connectivity index (χ1n) is 8.57. The molecule has 2 heterocycles. The van der Waals surface area contributed by atoms with Crippen LogP contribution >= 0.6 is 11.3 Å². The minimum atomic E-state index is -0.512. The summed E-state index contributed by atoms with van der Waals surface area (Å²) in [6.07, 6.45) is 0. The fourth-order valence-corrected chi connectivity index (χ4v) is 3.25. The van der Waals surface area contributed by atoms with E-state index in [0.29, 0.717) is 27.5 Å². The average molecular weight is 407 g/mol. The van der Waals surface area contributed by atoms with Crippen LogP contribution in [0.3, 0.4) is 0 Å². The molecule has 4 aromatic rings. The summed E-state index contributed by atoms with van der Waals surface area (Å²) in [5.41, 5.74) is 1.87. The zero-order chi connectivity index (χ0) is 20.2. The van der Waals surface area contributed by atoms with Crippen LogP contribution in [0.1, 0.15) is 20.2 Å². The van der Waals surface area contributed by atoms with Gasteiger partial charge in [-0.3, -0.25) is 9.59 Å². The number of aromatic nitrogens is 1. The maximum Gasteiger partial charge on any atom is 0.294 e. The van der Waals surface area contributed by atoms with Gasteiger partial charge in [0.1, 0.15) is 11.5 Å². The van der Waals surface area contributed by atoms with E-state index in [1.807, 2.05) is 5.38 Å². The molecule has 4 rings (SSSR count). The van der Waals surface area contributed by atoms with Crippen LogP contribution in [0.5, 0.6) is 0 Å². The summed E-state index contributed by atoms with van der Waals surface area (Å²) in [4.78, 5) is 25.2. The molecule has 0 saturated heterocycles. The molecule has 2 aromatic carbocycles. The summed E-state index contributed by atoms with van der Waals surface area (Å²) < 4.78 is 18.4. The van der Waals surface area contributed by atoms with Crippen LogP contribution in [0, 0.1) is 5.82 Å². The van der Waals surface area contributed by atoms with Crippen LogP contribution in [0.25, 0.3) is 11.3 Å². The number of rotatable bonds is 5. The molecule has 0 unspecified atom stereocenters. The highest BCUT2D eigenvalue weighted by Crippen LogP contribution is 2.22. The van der Waals surface area contributed by atoms with Crippen molar-refractivity contribution < 1.29 is 18.5 Å². The smallest absolute Gasteiger partial charge is 0.294 e. The van der Waals surface area contributed by atoms with E-state index in [9.17, 15) is 14.0 Å². The van der Waals surface area contributed by atoms with Crippen LogP contribution in [-0.2, 0) is 0 Å². The van der Waals surface area contributed by atoms with Crippen molar-refractivity contribution in [1.82, 2.24) is 5.16 Å². The second-order valence-electron chi connectivity index (χ2n) is 6.05. The minimum absolute atomic E-state index is 0.0164. The highest BCUT2D eigenvalue weighted by Gasteiger charge is 2.15. The summed E-state index contributed by atoms with van der Waals surface area (Å²) >= 11 is 1.34. The molecule has 0 bridgehead atoms. The maximum atomic E-state index is 13.4. The lowest BCUT2D eigenvalue weighted by Gasteiger charge is -2.07. The Morgan fingerprint density at radius 1 is 0.897 bits per heavy atom. The van der Waals surface area contributed by atoms with Gasteiger partial charge in [-0.15, -0.1) is 11.3 Å². The Bertz CT molecular complexity index is 1170. The number of halogens is 1. The molecule has 0 fully saturated rings.